The number of hydrogen-bond acceptors (Lipinski definition) is 6. The smallest absolute Gasteiger partial charge is 0.270 e. The molecule has 2 aromatic carbocycles. The van der Waals surface area contributed by atoms with Crippen molar-refractivity contribution in [3.8, 4) is 0 Å². The van der Waals surface area contributed by atoms with Gasteiger partial charge in [-0.1, -0.05) is 29.8 Å². The first-order valence-electron chi connectivity index (χ1n) is 7.90. The van der Waals surface area contributed by atoms with E-state index in [1.165, 1.54) is 6.33 Å². The molecule has 0 aliphatic heterocycles. The van der Waals surface area contributed by atoms with E-state index >= 15 is 0 Å². The Morgan fingerprint density at radius 1 is 1.15 bits per heavy atom. The highest BCUT2D eigenvalue weighted by Crippen LogP contribution is 2.28. The Labute approximate surface area is 169 Å². The summed E-state index contributed by atoms with van der Waals surface area (Å²) in [4.78, 5) is 20.5. The second-order valence-electron chi connectivity index (χ2n) is 5.63. The number of anilines is 4. The molecule has 1 aromatic heterocycles. The number of amides is 1. The Kier molecular flexibility index (Phi) is 5.78. The fraction of sp³-hybridized carbons (Fsp3) is 0.0556. The number of hydrazine groups is 1. The molecular formula is C18H16BrClN6O. The van der Waals surface area contributed by atoms with Gasteiger partial charge in [0, 0.05) is 15.2 Å². The largest absolute Gasteiger partial charge is 0.393 e. The summed E-state index contributed by atoms with van der Waals surface area (Å²) >= 11 is 9.38. The molecule has 9 heteroatoms. The molecule has 3 aromatic rings. The summed E-state index contributed by atoms with van der Waals surface area (Å²) in [6.07, 6.45) is 1.34. The van der Waals surface area contributed by atoms with E-state index in [0.717, 1.165) is 11.3 Å². The van der Waals surface area contributed by atoms with Crippen LogP contribution in [0.2, 0.25) is 5.02 Å². The van der Waals surface area contributed by atoms with Crippen LogP contribution in [0.4, 0.5) is 23.0 Å². The summed E-state index contributed by atoms with van der Waals surface area (Å²) in [6, 6.07) is 12.5. The lowest BCUT2D eigenvalue weighted by Crippen LogP contribution is -2.30. The number of nitrogens with zero attached hydrogens (tertiary/aromatic N) is 2. The van der Waals surface area contributed by atoms with Gasteiger partial charge in [-0.2, -0.15) is 0 Å². The van der Waals surface area contributed by atoms with Gasteiger partial charge >= 0.3 is 0 Å². The summed E-state index contributed by atoms with van der Waals surface area (Å²) in [6.45, 7) is 1.94. The molecule has 1 amide bonds. The van der Waals surface area contributed by atoms with Crippen LogP contribution < -0.4 is 21.9 Å². The van der Waals surface area contributed by atoms with Crippen LogP contribution in [0.5, 0.6) is 0 Å². The van der Waals surface area contributed by atoms with Gasteiger partial charge in [0.1, 0.15) is 12.0 Å². The predicted molar refractivity (Wildman–Crippen MR) is 111 cm³/mol. The maximum atomic E-state index is 12.3. The van der Waals surface area contributed by atoms with Crippen molar-refractivity contribution in [3.05, 3.63) is 69.4 Å². The van der Waals surface area contributed by atoms with Gasteiger partial charge < -0.3 is 11.1 Å². The van der Waals surface area contributed by atoms with Crippen molar-refractivity contribution in [1.29, 1.82) is 0 Å². The molecule has 0 aliphatic rings. The van der Waals surface area contributed by atoms with Crippen LogP contribution in [-0.4, -0.2) is 15.9 Å². The number of benzene rings is 2. The van der Waals surface area contributed by atoms with Crippen LogP contribution in [0.3, 0.4) is 0 Å². The molecule has 0 radical (unpaired) electrons. The predicted octanol–water partition coefficient (Wildman–Crippen LogP) is 4.28. The standard InChI is InChI=1S/C18H16BrClN6O/c1-10-6-7-11(20)8-14(10)24-16-15(21)17(23-9-22-16)25-26-18(27)12-4-2-3-5-13(12)19/h2-9H,21H2,1H3,(H,26,27)(H2,22,23,24,25). The third-order valence-electron chi connectivity index (χ3n) is 3.75. The van der Waals surface area contributed by atoms with Gasteiger partial charge in [0.15, 0.2) is 11.6 Å². The second kappa shape index (κ2) is 8.24. The maximum Gasteiger partial charge on any atom is 0.270 e. The van der Waals surface area contributed by atoms with Gasteiger partial charge in [0.2, 0.25) is 0 Å². The lowest BCUT2D eigenvalue weighted by molar-refractivity contribution is 0.0962. The zero-order valence-corrected chi connectivity index (χ0v) is 16.6. The topological polar surface area (TPSA) is 105 Å². The molecule has 0 saturated heterocycles. The number of rotatable bonds is 5. The molecule has 1 heterocycles. The molecular weight excluding hydrogens is 432 g/mol. The van der Waals surface area contributed by atoms with Gasteiger partial charge in [-0.05, 0) is 52.7 Å². The highest BCUT2D eigenvalue weighted by molar-refractivity contribution is 9.10. The molecule has 0 bridgehead atoms. The van der Waals surface area contributed by atoms with E-state index in [-0.39, 0.29) is 17.4 Å². The number of nitrogens with two attached hydrogens (primary N) is 1. The molecule has 0 unspecified atom stereocenters. The minimum Gasteiger partial charge on any atom is -0.393 e. The number of carbonyl (C=O) groups excluding carboxylic acids is 1. The van der Waals surface area contributed by atoms with Crippen LogP contribution in [0, 0.1) is 6.92 Å². The quantitative estimate of drug-likeness (QED) is 0.435. The molecule has 0 atom stereocenters. The lowest BCUT2D eigenvalue weighted by Gasteiger charge is -2.14. The van der Waals surface area contributed by atoms with Gasteiger partial charge in [0.05, 0.1) is 5.56 Å². The molecule has 138 valence electrons. The minimum atomic E-state index is -0.333. The van der Waals surface area contributed by atoms with E-state index < -0.39 is 0 Å². The van der Waals surface area contributed by atoms with Crippen molar-refractivity contribution in [3.63, 3.8) is 0 Å². The average molecular weight is 448 g/mol. The fourth-order valence-corrected chi connectivity index (χ4v) is 2.92. The monoisotopic (exact) mass is 446 g/mol. The Morgan fingerprint density at radius 3 is 2.67 bits per heavy atom. The highest BCUT2D eigenvalue weighted by Gasteiger charge is 2.12. The Bertz CT molecular complexity index is 997. The second-order valence-corrected chi connectivity index (χ2v) is 6.92. The van der Waals surface area contributed by atoms with Crippen molar-refractivity contribution >= 4 is 56.4 Å². The summed E-state index contributed by atoms with van der Waals surface area (Å²) < 4.78 is 0.679. The normalized spacial score (nSPS) is 10.3. The van der Waals surface area contributed by atoms with Crippen molar-refractivity contribution in [2.45, 2.75) is 6.92 Å². The number of aromatic nitrogens is 2. The number of nitrogens with one attached hydrogen (secondary N) is 3. The summed E-state index contributed by atoms with van der Waals surface area (Å²) in [5.74, 6) is 0.335. The van der Waals surface area contributed by atoms with Crippen LogP contribution in [0.25, 0.3) is 0 Å². The summed E-state index contributed by atoms with van der Waals surface area (Å²) in [5.41, 5.74) is 13.9. The van der Waals surface area contributed by atoms with Gasteiger partial charge in [-0.15, -0.1) is 0 Å². The molecule has 0 saturated carbocycles. The molecule has 3 rings (SSSR count). The third kappa shape index (κ3) is 4.47. The third-order valence-corrected chi connectivity index (χ3v) is 4.68. The van der Waals surface area contributed by atoms with Gasteiger partial charge in [-0.3, -0.25) is 15.6 Å². The van der Waals surface area contributed by atoms with Crippen LogP contribution in [-0.2, 0) is 0 Å². The van der Waals surface area contributed by atoms with E-state index in [2.05, 4.69) is 42.1 Å². The zero-order valence-electron chi connectivity index (χ0n) is 14.3. The van der Waals surface area contributed by atoms with Gasteiger partial charge in [0.25, 0.3) is 5.91 Å². The highest BCUT2D eigenvalue weighted by atomic mass is 79.9. The van der Waals surface area contributed by atoms with E-state index in [9.17, 15) is 4.79 Å². The molecule has 27 heavy (non-hydrogen) atoms. The number of aryl methyl sites for hydroxylation is 1. The van der Waals surface area contributed by atoms with E-state index in [1.54, 1.807) is 30.3 Å². The Hall–Kier alpha value is -2.84. The maximum absolute atomic E-state index is 12.3. The lowest BCUT2D eigenvalue weighted by atomic mass is 10.2. The van der Waals surface area contributed by atoms with Crippen LogP contribution >= 0.6 is 27.5 Å². The number of carbonyl (C=O) groups is 1. The Balaban J connectivity index is 1.76. The summed E-state index contributed by atoms with van der Waals surface area (Å²) in [7, 11) is 0. The van der Waals surface area contributed by atoms with Crippen molar-refractivity contribution in [1.82, 2.24) is 15.4 Å². The zero-order chi connectivity index (χ0) is 19.4. The van der Waals surface area contributed by atoms with Crippen LogP contribution in [0.1, 0.15) is 15.9 Å². The van der Waals surface area contributed by atoms with Crippen molar-refractivity contribution in [2.75, 3.05) is 16.5 Å². The van der Waals surface area contributed by atoms with Crippen LogP contribution in [0.15, 0.2) is 53.3 Å². The molecule has 0 aliphatic carbocycles. The van der Waals surface area contributed by atoms with Gasteiger partial charge in [-0.25, -0.2) is 9.97 Å². The first-order valence-corrected chi connectivity index (χ1v) is 9.07. The number of nitrogen functional groups attached to an aromatic ring is 1. The Morgan fingerprint density at radius 2 is 1.89 bits per heavy atom. The van der Waals surface area contributed by atoms with Crippen molar-refractivity contribution < 1.29 is 4.79 Å². The average Bonchev–Trinajstić information content (AvgIpc) is 2.65. The SMILES string of the molecule is Cc1ccc(Cl)cc1Nc1ncnc(NNC(=O)c2ccccc2Br)c1N. The van der Waals surface area contributed by atoms with E-state index in [0.29, 0.717) is 20.9 Å². The molecule has 0 fully saturated rings. The molecule has 7 nitrogen and oxygen atoms in total. The first kappa shape index (κ1) is 18.9. The minimum absolute atomic E-state index is 0.254. The first-order chi connectivity index (χ1) is 13.0. The molecule has 5 N–H and O–H groups in total. The summed E-state index contributed by atoms with van der Waals surface area (Å²) in [5, 5.41) is 3.72. The number of halogens is 2. The van der Waals surface area contributed by atoms with E-state index in [1.807, 2.05) is 19.1 Å². The number of hydrogen-bond donors (Lipinski definition) is 4. The fourth-order valence-electron chi connectivity index (χ4n) is 2.28. The van der Waals surface area contributed by atoms with E-state index in [4.69, 9.17) is 17.3 Å². The van der Waals surface area contributed by atoms with Crippen molar-refractivity contribution in [2.24, 2.45) is 0 Å². The molecule has 0 spiro atoms.